The molecule has 274 valence electrons. The molecular formula is C57H36N2. The van der Waals surface area contributed by atoms with Crippen LogP contribution in [-0.4, -0.2) is 9.55 Å². The highest BCUT2D eigenvalue weighted by molar-refractivity contribution is 6.23. The maximum atomic E-state index is 4.54. The molecule has 2 nitrogen and oxygen atoms in total. The zero-order valence-corrected chi connectivity index (χ0v) is 32.2. The number of pyridine rings is 1. The quantitative estimate of drug-likeness (QED) is 0.160. The third kappa shape index (κ3) is 5.24. The average molecular weight is 749 g/mol. The standard InChI is InChI=1S/C57H36N2/c1-2-15-41(16-3-1)59-54-32-29-40(35-52(54)53-36-58-34-33-55(53)59)44-31-30-43(45-18-6-7-19-46(44)45)38-25-27-39(28-26-38)56-48-20-8-10-22-50(48)57(51-23-11-9-21-49(51)56)47-24-12-14-37-13-4-5-17-42(37)47/h1-36H. The van der Waals surface area contributed by atoms with E-state index in [1.54, 1.807) is 0 Å². The molecule has 12 aromatic rings. The molecule has 0 spiro atoms. The highest BCUT2D eigenvalue weighted by atomic mass is 15.0. The predicted octanol–water partition coefficient (Wildman–Crippen LogP) is 15.5. The Labute approximate surface area is 341 Å². The first kappa shape index (κ1) is 33.3. The van der Waals surface area contributed by atoms with Crippen LogP contribution in [0.3, 0.4) is 0 Å². The third-order valence-corrected chi connectivity index (χ3v) is 12.3. The second-order valence-electron chi connectivity index (χ2n) is 15.4. The van der Waals surface area contributed by atoms with E-state index in [-0.39, 0.29) is 0 Å². The maximum absolute atomic E-state index is 4.54. The molecule has 0 saturated carbocycles. The Morgan fingerprint density at radius 1 is 0.305 bits per heavy atom. The second-order valence-corrected chi connectivity index (χ2v) is 15.4. The zero-order valence-electron chi connectivity index (χ0n) is 32.2. The Morgan fingerprint density at radius 2 is 0.831 bits per heavy atom. The Hall–Kier alpha value is -7.81. The predicted molar refractivity (Wildman–Crippen MR) is 250 cm³/mol. The summed E-state index contributed by atoms with van der Waals surface area (Å²) in [6.45, 7) is 0. The van der Waals surface area contributed by atoms with Crippen molar-refractivity contribution < 1.29 is 0 Å². The molecule has 0 unspecified atom stereocenters. The number of fused-ring (bicyclic) bond motifs is 7. The Bertz CT molecular complexity index is 3530. The van der Waals surface area contributed by atoms with Crippen LogP contribution < -0.4 is 0 Å². The molecule has 0 atom stereocenters. The molecule has 0 radical (unpaired) electrons. The highest BCUT2D eigenvalue weighted by Crippen LogP contribution is 2.46. The molecule has 59 heavy (non-hydrogen) atoms. The van der Waals surface area contributed by atoms with Gasteiger partial charge in [0.05, 0.1) is 11.0 Å². The molecule has 0 aliphatic heterocycles. The minimum Gasteiger partial charge on any atom is -0.309 e. The van der Waals surface area contributed by atoms with E-state index in [0.717, 1.165) is 16.6 Å². The summed E-state index contributed by atoms with van der Waals surface area (Å²) in [7, 11) is 0. The van der Waals surface area contributed by atoms with E-state index in [9.17, 15) is 0 Å². The van der Waals surface area contributed by atoms with Gasteiger partial charge in [0.1, 0.15) is 0 Å². The van der Waals surface area contributed by atoms with Crippen molar-refractivity contribution in [1.82, 2.24) is 9.55 Å². The first-order valence-electron chi connectivity index (χ1n) is 20.3. The summed E-state index contributed by atoms with van der Waals surface area (Å²) in [4.78, 5) is 4.54. The first-order valence-corrected chi connectivity index (χ1v) is 20.3. The van der Waals surface area contributed by atoms with Crippen LogP contribution >= 0.6 is 0 Å². The normalized spacial score (nSPS) is 11.7. The van der Waals surface area contributed by atoms with Gasteiger partial charge in [0.25, 0.3) is 0 Å². The van der Waals surface area contributed by atoms with Crippen LogP contribution in [0.1, 0.15) is 0 Å². The van der Waals surface area contributed by atoms with Crippen LogP contribution in [0.25, 0.3) is 115 Å². The van der Waals surface area contributed by atoms with Gasteiger partial charge in [-0.15, -0.1) is 0 Å². The fraction of sp³-hybridized carbons (Fsp3) is 0. The van der Waals surface area contributed by atoms with Crippen molar-refractivity contribution in [2.45, 2.75) is 0 Å². The molecule has 2 heteroatoms. The van der Waals surface area contributed by atoms with Crippen LogP contribution in [-0.2, 0) is 0 Å². The number of hydrogen-bond donors (Lipinski definition) is 0. The molecule has 0 bridgehead atoms. The number of hydrogen-bond acceptors (Lipinski definition) is 1. The molecule has 0 saturated heterocycles. The molecule has 0 aliphatic carbocycles. The van der Waals surface area contributed by atoms with Gasteiger partial charge in [-0.25, -0.2) is 0 Å². The highest BCUT2D eigenvalue weighted by Gasteiger charge is 2.19. The lowest BCUT2D eigenvalue weighted by atomic mass is 9.84. The van der Waals surface area contributed by atoms with Crippen LogP contribution in [0.5, 0.6) is 0 Å². The summed E-state index contributed by atoms with van der Waals surface area (Å²) >= 11 is 0. The lowest BCUT2D eigenvalue weighted by Crippen LogP contribution is -1.93. The van der Waals surface area contributed by atoms with Crippen molar-refractivity contribution >= 4 is 64.9 Å². The van der Waals surface area contributed by atoms with Gasteiger partial charge >= 0.3 is 0 Å². The maximum Gasteiger partial charge on any atom is 0.0571 e. The van der Waals surface area contributed by atoms with Gasteiger partial charge in [-0.1, -0.05) is 176 Å². The third-order valence-electron chi connectivity index (χ3n) is 12.3. The first-order chi connectivity index (χ1) is 29.3. The lowest BCUT2D eigenvalue weighted by Gasteiger charge is -2.19. The van der Waals surface area contributed by atoms with E-state index in [1.807, 2.05) is 12.4 Å². The second kappa shape index (κ2) is 13.4. The van der Waals surface area contributed by atoms with E-state index in [0.29, 0.717) is 0 Å². The smallest absolute Gasteiger partial charge is 0.0571 e. The van der Waals surface area contributed by atoms with Gasteiger partial charge in [0, 0.05) is 28.9 Å². The molecule has 2 heterocycles. The van der Waals surface area contributed by atoms with Gasteiger partial charge in [-0.05, 0) is 118 Å². The van der Waals surface area contributed by atoms with E-state index < -0.39 is 0 Å². The van der Waals surface area contributed by atoms with Gasteiger partial charge in [-0.2, -0.15) is 0 Å². The van der Waals surface area contributed by atoms with E-state index in [1.165, 1.54) is 98.5 Å². The minimum atomic E-state index is 1.14. The summed E-state index contributed by atoms with van der Waals surface area (Å²) < 4.78 is 2.34. The van der Waals surface area contributed by atoms with E-state index in [2.05, 4.69) is 216 Å². The molecule has 0 aliphatic rings. The summed E-state index contributed by atoms with van der Waals surface area (Å²) in [5.41, 5.74) is 13.3. The molecule has 0 fully saturated rings. The monoisotopic (exact) mass is 748 g/mol. The van der Waals surface area contributed by atoms with E-state index in [4.69, 9.17) is 0 Å². The molecule has 10 aromatic carbocycles. The Morgan fingerprint density at radius 3 is 1.53 bits per heavy atom. The average Bonchev–Trinajstić information content (AvgIpc) is 3.64. The number of para-hydroxylation sites is 1. The van der Waals surface area contributed by atoms with Gasteiger partial charge < -0.3 is 4.57 Å². The van der Waals surface area contributed by atoms with Gasteiger partial charge in [0.2, 0.25) is 0 Å². The molecule has 0 amide bonds. The lowest BCUT2D eigenvalue weighted by molar-refractivity contribution is 1.17. The zero-order chi connectivity index (χ0) is 38.9. The minimum absolute atomic E-state index is 1.14. The molecule has 2 aromatic heterocycles. The summed E-state index contributed by atoms with van der Waals surface area (Å²) in [6, 6.07) is 75.5. The van der Waals surface area contributed by atoms with Gasteiger partial charge in [0.15, 0.2) is 0 Å². The Balaban J connectivity index is 0.983. The van der Waals surface area contributed by atoms with Crippen LogP contribution in [0.2, 0.25) is 0 Å². The number of aromatic nitrogens is 2. The number of rotatable bonds is 5. The van der Waals surface area contributed by atoms with Crippen LogP contribution in [0.15, 0.2) is 219 Å². The Kier molecular flexibility index (Phi) is 7.57. The van der Waals surface area contributed by atoms with Crippen molar-refractivity contribution in [2.24, 2.45) is 0 Å². The fourth-order valence-corrected chi connectivity index (χ4v) is 9.68. The van der Waals surface area contributed by atoms with Crippen LogP contribution in [0, 0.1) is 0 Å². The van der Waals surface area contributed by atoms with Crippen molar-refractivity contribution in [3.05, 3.63) is 219 Å². The fourth-order valence-electron chi connectivity index (χ4n) is 9.68. The number of nitrogens with zero attached hydrogens (tertiary/aromatic N) is 2. The summed E-state index contributed by atoms with van der Waals surface area (Å²) in [6.07, 6.45) is 3.88. The van der Waals surface area contributed by atoms with Crippen molar-refractivity contribution in [3.63, 3.8) is 0 Å². The molecular weight excluding hydrogens is 713 g/mol. The van der Waals surface area contributed by atoms with Gasteiger partial charge in [-0.3, -0.25) is 4.98 Å². The number of benzene rings is 10. The van der Waals surface area contributed by atoms with E-state index >= 15 is 0 Å². The van der Waals surface area contributed by atoms with Crippen molar-refractivity contribution in [2.75, 3.05) is 0 Å². The topological polar surface area (TPSA) is 17.8 Å². The van der Waals surface area contributed by atoms with Crippen molar-refractivity contribution in [1.29, 1.82) is 0 Å². The molecule has 0 N–H and O–H groups in total. The van der Waals surface area contributed by atoms with Crippen LogP contribution in [0.4, 0.5) is 0 Å². The summed E-state index contributed by atoms with van der Waals surface area (Å²) in [5.74, 6) is 0. The largest absolute Gasteiger partial charge is 0.309 e. The SMILES string of the molecule is c1ccc(-n2c3ccncc3c3cc(-c4ccc(-c5ccc(-c6c7ccccc7c(-c7cccc8ccccc78)c7ccccc67)cc5)c5ccccc45)ccc32)cc1. The molecule has 12 rings (SSSR count). The summed E-state index contributed by atoms with van der Waals surface area (Å²) in [5, 5.41) is 12.4. The van der Waals surface area contributed by atoms with Crippen molar-refractivity contribution in [3.8, 4) is 50.2 Å².